The minimum atomic E-state index is -3.45. The van der Waals surface area contributed by atoms with E-state index in [1.165, 1.54) is 12.1 Å². The highest BCUT2D eigenvalue weighted by atomic mass is 32.2. The summed E-state index contributed by atoms with van der Waals surface area (Å²) in [5, 5.41) is 14.2. The fraction of sp³-hybridized carbons (Fsp3) is 0.500. The molecule has 1 aliphatic heterocycles. The first-order valence-electron chi connectivity index (χ1n) is 6.21. The van der Waals surface area contributed by atoms with Crippen molar-refractivity contribution in [2.75, 3.05) is 31.7 Å². The summed E-state index contributed by atoms with van der Waals surface area (Å²) in [6.45, 7) is 1.75. The van der Waals surface area contributed by atoms with Crippen LogP contribution in [0, 0.1) is 10.1 Å². The molecule has 1 aromatic rings. The number of nitro benzene ring substituents is 1. The number of hydrogen-bond donors (Lipinski definition) is 1. The Morgan fingerprint density at radius 1 is 1.45 bits per heavy atom. The highest BCUT2D eigenvalue weighted by Gasteiger charge is 2.24. The van der Waals surface area contributed by atoms with Gasteiger partial charge in [0.25, 0.3) is 5.69 Å². The van der Waals surface area contributed by atoms with Crippen LogP contribution in [0.15, 0.2) is 23.1 Å². The zero-order valence-electron chi connectivity index (χ0n) is 11.4. The van der Waals surface area contributed by atoms with Gasteiger partial charge in [-0.05, 0) is 32.1 Å². The van der Waals surface area contributed by atoms with Crippen molar-refractivity contribution in [1.82, 2.24) is 4.90 Å². The fourth-order valence-corrected chi connectivity index (χ4v) is 2.93. The van der Waals surface area contributed by atoms with Gasteiger partial charge < -0.3 is 10.2 Å². The van der Waals surface area contributed by atoms with Gasteiger partial charge in [-0.1, -0.05) is 0 Å². The van der Waals surface area contributed by atoms with Crippen LogP contribution >= 0.6 is 0 Å². The molecule has 0 spiro atoms. The number of rotatable bonds is 4. The van der Waals surface area contributed by atoms with Crippen molar-refractivity contribution >= 4 is 21.2 Å². The Kier molecular flexibility index (Phi) is 3.96. The predicted octanol–water partition coefficient (Wildman–Crippen LogP) is 1.11. The van der Waals surface area contributed by atoms with Crippen molar-refractivity contribution in [3.05, 3.63) is 28.3 Å². The van der Waals surface area contributed by atoms with Gasteiger partial charge in [-0.3, -0.25) is 10.1 Å². The lowest BCUT2D eigenvalue weighted by Crippen LogP contribution is -2.23. The second-order valence-electron chi connectivity index (χ2n) is 5.10. The number of hydrogen-bond acceptors (Lipinski definition) is 6. The molecule has 7 nitrogen and oxygen atoms in total. The third kappa shape index (κ3) is 3.26. The lowest BCUT2D eigenvalue weighted by molar-refractivity contribution is -0.384. The van der Waals surface area contributed by atoms with Crippen molar-refractivity contribution < 1.29 is 13.3 Å². The van der Waals surface area contributed by atoms with Gasteiger partial charge in [0.15, 0.2) is 9.84 Å². The maximum absolute atomic E-state index is 11.5. The molecule has 0 amide bonds. The second-order valence-corrected chi connectivity index (χ2v) is 7.12. The van der Waals surface area contributed by atoms with Gasteiger partial charge in [0, 0.05) is 24.9 Å². The number of anilines is 1. The van der Waals surface area contributed by atoms with Crippen LogP contribution in [0.5, 0.6) is 0 Å². The quantitative estimate of drug-likeness (QED) is 0.661. The summed E-state index contributed by atoms with van der Waals surface area (Å²) in [6, 6.07) is 4.11. The van der Waals surface area contributed by atoms with Crippen LogP contribution in [-0.4, -0.2) is 50.7 Å². The van der Waals surface area contributed by atoms with Crippen molar-refractivity contribution in [3.63, 3.8) is 0 Å². The zero-order chi connectivity index (χ0) is 14.9. The lowest BCUT2D eigenvalue weighted by atomic mass is 10.2. The van der Waals surface area contributed by atoms with Gasteiger partial charge in [-0.2, -0.15) is 0 Å². The summed E-state index contributed by atoms with van der Waals surface area (Å²) in [6.07, 6.45) is 1.94. The van der Waals surface area contributed by atoms with Gasteiger partial charge in [-0.25, -0.2) is 8.42 Å². The van der Waals surface area contributed by atoms with Crippen molar-refractivity contribution in [2.24, 2.45) is 0 Å². The summed E-state index contributed by atoms with van der Waals surface area (Å²) in [4.78, 5) is 12.6. The second kappa shape index (κ2) is 5.37. The molecular weight excluding hydrogens is 282 g/mol. The fourth-order valence-electron chi connectivity index (χ4n) is 2.29. The molecule has 1 aromatic carbocycles. The first-order chi connectivity index (χ1) is 9.27. The average Bonchev–Trinajstić information content (AvgIpc) is 2.73. The van der Waals surface area contributed by atoms with E-state index in [4.69, 9.17) is 0 Å². The third-order valence-corrected chi connectivity index (χ3v) is 4.46. The van der Waals surface area contributed by atoms with Crippen LogP contribution in [0.2, 0.25) is 0 Å². The number of nitro groups is 1. The van der Waals surface area contributed by atoms with E-state index in [1.54, 1.807) is 0 Å². The average molecular weight is 299 g/mol. The largest absolute Gasteiger partial charge is 0.375 e. The minimum absolute atomic E-state index is 0.0433. The summed E-state index contributed by atoms with van der Waals surface area (Å²) in [5.74, 6) is 0. The Balaban J connectivity index is 2.31. The van der Waals surface area contributed by atoms with Crippen LogP contribution in [0.1, 0.15) is 6.42 Å². The molecule has 0 radical (unpaired) electrons. The number of likely N-dealkylation sites (N-methyl/N-ethyl adjacent to an activating group) is 1. The summed E-state index contributed by atoms with van der Waals surface area (Å²) in [5.41, 5.74) is 0.158. The van der Waals surface area contributed by atoms with Crippen LogP contribution in [0.3, 0.4) is 0 Å². The van der Waals surface area contributed by atoms with E-state index in [1.807, 2.05) is 7.05 Å². The summed E-state index contributed by atoms with van der Waals surface area (Å²) >= 11 is 0. The normalized spacial score (nSPS) is 20.0. The summed E-state index contributed by atoms with van der Waals surface area (Å²) < 4.78 is 22.9. The van der Waals surface area contributed by atoms with Crippen molar-refractivity contribution in [2.45, 2.75) is 17.4 Å². The number of nitrogens with zero attached hydrogens (tertiary/aromatic N) is 2. The Morgan fingerprint density at radius 2 is 2.15 bits per heavy atom. The third-order valence-electron chi connectivity index (χ3n) is 3.35. The molecule has 8 heteroatoms. The van der Waals surface area contributed by atoms with Crippen LogP contribution in [-0.2, 0) is 9.84 Å². The number of sulfone groups is 1. The maximum Gasteiger partial charge on any atom is 0.293 e. The Bertz CT molecular complexity index is 630. The molecule has 0 aromatic heterocycles. The monoisotopic (exact) mass is 299 g/mol. The standard InChI is InChI=1S/C12H17N3O4S/c1-14-6-5-9(8-14)13-11-4-3-10(20(2,18)19)7-12(11)15(16)17/h3-4,7,9,13H,5-6,8H2,1-2H3. The van der Waals surface area contributed by atoms with Crippen LogP contribution < -0.4 is 5.32 Å². The van der Waals surface area contributed by atoms with E-state index in [0.717, 1.165) is 31.8 Å². The zero-order valence-corrected chi connectivity index (χ0v) is 12.2. The van der Waals surface area contributed by atoms with E-state index in [2.05, 4.69) is 10.2 Å². The molecule has 1 saturated heterocycles. The molecule has 1 fully saturated rings. The van der Waals surface area contributed by atoms with Gasteiger partial charge in [0.05, 0.1) is 9.82 Å². The van der Waals surface area contributed by atoms with E-state index < -0.39 is 14.8 Å². The van der Waals surface area contributed by atoms with Gasteiger partial charge in [0.1, 0.15) is 5.69 Å². The SMILES string of the molecule is CN1CCC(Nc2ccc(S(C)(=O)=O)cc2[N+](=O)[O-])C1. The topological polar surface area (TPSA) is 92.6 Å². The first kappa shape index (κ1) is 14.7. The predicted molar refractivity (Wildman–Crippen MR) is 75.7 cm³/mol. The number of benzene rings is 1. The molecule has 0 bridgehead atoms. The van der Waals surface area contributed by atoms with E-state index in [-0.39, 0.29) is 16.6 Å². The molecule has 110 valence electrons. The smallest absolute Gasteiger partial charge is 0.293 e. The van der Waals surface area contributed by atoms with Crippen LogP contribution in [0.4, 0.5) is 11.4 Å². The summed E-state index contributed by atoms with van der Waals surface area (Å²) in [7, 11) is -1.46. The molecule has 1 aliphatic rings. The van der Waals surface area contributed by atoms with Gasteiger partial charge in [0.2, 0.25) is 0 Å². The van der Waals surface area contributed by atoms with Crippen LogP contribution in [0.25, 0.3) is 0 Å². The Morgan fingerprint density at radius 3 is 2.65 bits per heavy atom. The highest BCUT2D eigenvalue weighted by Crippen LogP contribution is 2.29. The van der Waals surface area contributed by atoms with E-state index in [0.29, 0.717) is 5.69 Å². The molecule has 0 aliphatic carbocycles. The highest BCUT2D eigenvalue weighted by molar-refractivity contribution is 7.90. The Labute approximate surface area is 117 Å². The maximum atomic E-state index is 11.5. The molecule has 20 heavy (non-hydrogen) atoms. The van der Waals surface area contributed by atoms with Crippen molar-refractivity contribution in [3.8, 4) is 0 Å². The molecule has 1 N–H and O–H groups in total. The van der Waals surface area contributed by atoms with Crippen molar-refractivity contribution in [1.29, 1.82) is 0 Å². The van der Waals surface area contributed by atoms with Gasteiger partial charge in [-0.15, -0.1) is 0 Å². The molecule has 2 rings (SSSR count). The van der Waals surface area contributed by atoms with E-state index >= 15 is 0 Å². The Hall–Kier alpha value is -1.67. The number of nitrogens with one attached hydrogen (secondary N) is 1. The molecule has 1 unspecified atom stereocenters. The number of likely N-dealkylation sites (tertiary alicyclic amines) is 1. The van der Waals surface area contributed by atoms with Gasteiger partial charge >= 0.3 is 0 Å². The molecule has 0 saturated carbocycles. The first-order valence-corrected chi connectivity index (χ1v) is 8.10. The molecule has 1 heterocycles. The molecule has 1 atom stereocenters. The lowest BCUT2D eigenvalue weighted by Gasteiger charge is -2.14. The molecular formula is C12H17N3O4S. The minimum Gasteiger partial charge on any atom is -0.375 e. The van der Waals surface area contributed by atoms with E-state index in [9.17, 15) is 18.5 Å².